The highest BCUT2D eigenvalue weighted by Crippen LogP contribution is 2.39. The van der Waals surface area contributed by atoms with Crippen LogP contribution in [-0.2, 0) is 4.74 Å². The van der Waals surface area contributed by atoms with Gasteiger partial charge in [0.05, 0.1) is 6.61 Å². The lowest BCUT2D eigenvalue weighted by atomic mass is 9.70. The number of hydrogen-bond donors (Lipinski definition) is 0. The molecule has 1 nitrogen and oxygen atoms in total. The summed E-state index contributed by atoms with van der Waals surface area (Å²) >= 11 is 0. The Labute approximate surface area is 109 Å². The van der Waals surface area contributed by atoms with Crippen molar-refractivity contribution in [3.05, 3.63) is 0 Å². The minimum absolute atomic E-state index is 0.363. The fraction of sp³-hybridized carbons (Fsp3) is 1.00. The Hall–Kier alpha value is -0.0400. The van der Waals surface area contributed by atoms with Gasteiger partial charge in [0, 0.05) is 7.11 Å². The molecule has 0 aromatic carbocycles. The first-order chi connectivity index (χ1) is 7.89. The summed E-state index contributed by atoms with van der Waals surface area (Å²) < 4.78 is 5.45. The zero-order chi connectivity index (χ0) is 13.4. The van der Waals surface area contributed by atoms with Crippen molar-refractivity contribution in [2.75, 3.05) is 13.7 Å². The molecule has 0 aliphatic carbocycles. The Kier molecular flexibility index (Phi) is 8.11. The van der Waals surface area contributed by atoms with Crippen LogP contribution in [-0.4, -0.2) is 13.7 Å². The van der Waals surface area contributed by atoms with Crippen LogP contribution in [0.25, 0.3) is 0 Å². The molecule has 0 bridgehead atoms. The van der Waals surface area contributed by atoms with Crippen molar-refractivity contribution < 1.29 is 4.74 Å². The highest BCUT2D eigenvalue weighted by molar-refractivity contribution is 4.81. The topological polar surface area (TPSA) is 9.23 Å². The first-order valence-corrected chi connectivity index (χ1v) is 7.38. The average Bonchev–Trinajstić information content (AvgIpc) is 2.24. The summed E-state index contributed by atoms with van der Waals surface area (Å²) in [6.07, 6.45) is 9.26. The highest BCUT2D eigenvalue weighted by atomic mass is 16.5. The molecular weight excluding hydrogens is 208 g/mol. The quantitative estimate of drug-likeness (QED) is 0.464. The molecule has 1 atom stereocenters. The second kappa shape index (κ2) is 8.13. The smallest absolute Gasteiger partial charge is 0.0516 e. The maximum absolute atomic E-state index is 5.45. The lowest BCUT2D eigenvalue weighted by molar-refractivity contribution is 0.0451. The normalized spacial score (nSPS) is 15.9. The molecule has 0 radical (unpaired) electrons. The number of ether oxygens (including phenoxy) is 1. The van der Waals surface area contributed by atoms with Crippen molar-refractivity contribution in [2.24, 2.45) is 10.8 Å². The number of methoxy groups -OCH3 is 1. The Bertz CT molecular complexity index is 186. The van der Waals surface area contributed by atoms with Crippen molar-refractivity contribution in [1.29, 1.82) is 0 Å². The summed E-state index contributed by atoms with van der Waals surface area (Å²) in [5.74, 6) is 0. The molecule has 0 aromatic heterocycles. The van der Waals surface area contributed by atoms with E-state index in [1.807, 2.05) is 7.11 Å². The van der Waals surface area contributed by atoms with Gasteiger partial charge in [0.1, 0.15) is 0 Å². The molecule has 0 N–H and O–H groups in total. The number of hydrogen-bond acceptors (Lipinski definition) is 1. The third-order valence-corrected chi connectivity index (χ3v) is 3.99. The van der Waals surface area contributed by atoms with Crippen LogP contribution in [0.5, 0.6) is 0 Å². The van der Waals surface area contributed by atoms with E-state index >= 15 is 0 Å². The third-order valence-electron chi connectivity index (χ3n) is 3.99. The summed E-state index contributed by atoms with van der Waals surface area (Å²) in [4.78, 5) is 0. The molecule has 0 rings (SSSR count). The van der Waals surface area contributed by atoms with E-state index in [0.29, 0.717) is 10.8 Å². The van der Waals surface area contributed by atoms with E-state index < -0.39 is 0 Å². The van der Waals surface area contributed by atoms with Gasteiger partial charge in [-0.05, 0) is 23.7 Å². The van der Waals surface area contributed by atoms with Gasteiger partial charge in [-0.3, -0.25) is 0 Å². The van der Waals surface area contributed by atoms with Crippen LogP contribution in [0, 0.1) is 10.8 Å². The molecule has 0 saturated heterocycles. The van der Waals surface area contributed by atoms with Gasteiger partial charge in [-0.1, -0.05) is 66.7 Å². The van der Waals surface area contributed by atoms with Crippen molar-refractivity contribution in [3.8, 4) is 0 Å². The summed E-state index contributed by atoms with van der Waals surface area (Å²) in [6, 6.07) is 0. The molecule has 17 heavy (non-hydrogen) atoms. The lowest BCUT2D eigenvalue weighted by Gasteiger charge is -2.37. The Balaban J connectivity index is 4.24. The van der Waals surface area contributed by atoms with Gasteiger partial charge in [-0.25, -0.2) is 0 Å². The van der Waals surface area contributed by atoms with E-state index in [1.165, 1.54) is 44.9 Å². The van der Waals surface area contributed by atoms with Crippen molar-refractivity contribution >= 4 is 0 Å². The maximum atomic E-state index is 5.45. The van der Waals surface area contributed by atoms with E-state index in [-0.39, 0.29) is 0 Å². The molecule has 104 valence electrons. The summed E-state index contributed by atoms with van der Waals surface area (Å²) in [6.45, 7) is 12.6. The van der Waals surface area contributed by atoms with E-state index in [4.69, 9.17) is 4.74 Å². The van der Waals surface area contributed by atoms with Gasteiger partial charge < -0.3 is 4.74 Å². The minimum atomic E-state index is 0.363. The van der Waals surface area contributed by atoms with E-state index in [9.17, 15) is 0 Å². The minimum Gasteiger partial charge on any atom is -0.384 e. The zero-order valence-electron chi connectivity index (χ0n) is 13.1. The van der Waals surface area contributed by atoms with Crippen LogP contribution < -0.4 is 0 Å². The largest absolute Gasteiger partial charge is 0.384 e. The predicted molar refractivity (Wildman–Crippen MR) is 77.4 cm³/mol. The van der Waals surface area contributed by atoms with Crippen LogP contribution in [0.3, 0.4) is 0 Å². The summed E-state index contributed by atoms with van der Waals surface area (Å²) in [5.41, 5.74) is 0.806. The zero-order valence-corrected chi connectivity index (χ0v) is 13.1. The molecular formula is C16H34O. The van der Waals surface area contributed by atoms with Crippen LogP contribution in [0.2, 0.25) is 0 Å². The molecule has 1 unspecified atom stereocenters. The van der Waals surface area contributed by atoms with Gasteiger partial charge in [0.25, 0.3) is 0 Å². The molecule has 0 aromatic rings. The van der Waals surface area contributed by atoms with Crippen LogP contribution in [0.4, 0.5) is 0 Å². The van der Waals surface area contributed by atoms with Crippen molar-refractivity contribution in [1.82, 2.24) is 0 Å². The molecule has 1 heteroatoms. The maximum Gasteiger partial charge on any atom is 0.0516 e. The van der Waals surface area contributed by atoms with Crippen LogP contribution >= 0.6 is 0 Å². The van der Waals surface area contributed by atoms with Crippen LogP contribution in [0.15, 0.2) is 0 Å². The Morgan fingerprint density at radius 2 is 1.59 bits per heavy atom. The Morgan fingerprint density at radius 3 is 2.06 bits per heavy atom. The van der Waals surface area contributed by atoms with Gasteiger partial charge in [-0.15, -0.1) is 0 Å². The summed E-state index contributed by atoms with van der Waals surface area (Å²) in [5, 5.41) is 0. The number of unbranched alkanes of at least 4 members (excludes halogenated alkanes) is 3. The second-order valence-electron chi connectivity index (χ2n) is 6.75. The van der Waals surface area contributed by atoms with E-state index in [2.05, 4.69) is 34.6 Å². The molecule has 0 heterocycles. The number of rotatable bonds is 10. The van der Waals surface area contributed by atoms with Gasteiger partial charge in [-0.2, -0.15) is 0 Å². The van der Waals surface area contributed by atoms with Gasteiger partial charge >= 0.3 is 0 Å². The fourth-order valence-electron chi connectivity index (χ4n) is 2.82. The van der Waals surface area contributed by atoms with Crippen LogP contribution in [0.1, 0.15) is 79.6 Å². The molecule has 0 amide bonds. The molecule has 0 aliphatic rings. The monoisotopic (exact) mass is 242 g/mol. The second-order valence-corrected chi connectivity index (χ2v) is 6.75. The molecule has 0 saturated carbocycles. The van der Waals surface area contributed by atoms with Crippen molar-refractivity contribution in [3.63, 3.8) is 0 Å². The van der Waals surface area contributed by atoms with E-state index in [1.54, 1.807) is 0 Å². The lowest BCUT2D eigenvalue weighted by Crippen LogP contribution is -2.29. The molecule has 0 aliphatic heterocycles. The Morgan fingerprint density at radius 1 is 0.941 bits per heavy atom. The van der Waals surface area contributed by atoms with Crippen molar-refractivity contribution in [2.45, 2.75) is 79.6 Å². The summed E-state index contributed by atoms with van der Waals surface area (Å²) in [7, 11) is 1.84. The van der Waals surface area contributed by atoms with E-state index in [0.717, 1.165) is 6.61 Å². The highest BCUT2D eigenvalue weighted by Gasteiger charge is 2.31. The predicted octanol–water partition coefficient (Wildman–Crippen LogP) is 5.44. The SMILES string of the molecule is CCCCCCC(C)(COC)CC(C)(C)CC. The fourth-order valence-corrected chi connectivity index (χ4v) is 2.82. The first kappa shape index (κ1) is 17.0. The average molecular weight is 242 g/mol. The molecule has 0 spiro atoms. The first-order valence-electron chi connectivity index (χ1n) is 7.38. The third kappa shape index (κ3) is 7.81. The van der Waals surface area contributed by atoms with Gasteiger partial charge in [0.2, 0.25) is 0 Å². The molecule has 0 fully saturated rings. The van der Waals surface area contributed by atoms with Gasteiger partial charge in [0.15, 0.2) is 0 Å². The standard InChI is InChI=1S/C16H34O/c1-7-9-10-11-12-16(5,14-17-6)13-15(3,4)8-2/h7-14H2,1-6H3.